The highest BCUT2D eigenvalue weighted by Gasteiger charge is 2.31. The summed E-state index contributed by atoms with van der Waals surface area (Å²) in [6.07, 6.45) is 4.80. The van der Waals surface area contributed by atoms with E-state index >= 15 is 0 Å². The molecular weight excluding hydrogens is 226 g/mol. The molecule has 2 atom stereocenters. The first-order valence-electron chi connectivity index (χ1n) is 7.49. The van der Waals surface area contributed by atoms with Crippen molar-refractivity contribution in [2.45, 2.75) is 51.6 Å². The van der Waals surface area contributed by atoms with Gasteiger partial charge in [0.1, 0.15) is 0 Å². The average Bonchev–Trinajstić information content (AvgIpc) is 2.94. The molecule has 0 aromatic heterocycles. The van der Waals surface area contributed by atoms with Crippen molar-refractivity contribution < 1.29 is 4.79 Å². The Kier molecular flexibility index (Phi) is 5.01. The summed E-state index contributed by atoms with van der Waals surface area (Å²) in [4.78, 5) is 16.9. The first kappa shape index (κ1) is 13.8. The second-order valence-electron chi connectivity index (χ2n) is 5.54. The Labute approximate surface area is 111 Å². The van der Waals surface area contributed by atoms with Crippen LogP contribution < -0.4 is 5.32 Å². The third-order valence-corrected chi connectivity index (χ3v) is 4.38. The van der Waals surface area contributed by atoms with Gasteiger partial charge in [0, 0.05) is 25.7 Å². The average molecular weight is 253 g/mol. The van der Waals surface area contributed by atoms with Gasteiger partial charge in [0.2, 0.25) is 5.91 Å². The van der Waals surface area contributed by atoms with E-state index in [1.165, 1.54) is 25.7 Å². The number of likely N-dealkylation sites (tertiary alicyclic amines) is 1. The Balaban J connectivity index is 1.94. The number of amides is 1. The van der Waals surface area contributed by atoms with Gasteiger partial charge >= 0.3 is 0 Å². The van der Waals surface area contributed by atoms with E-state index in [1.807, 2.05) is 4.90 Å². The molecule has 4 heteroatoms. The number of hydrogen-bond acceptors (Lipinski definition) is 3. The van der Waals surface area contributed by atoms with Crippen molar-refractivity contribution in [2.24, 2.45) is 0 Å². The van der Waals surface area contributed by atoms with E-state index in [2.05, 4.69) is 24.1 Å². The minimum Gasteiger partial charge on any atom is -0.341 e. The number of carbonyl (C=O) groups is 1. The van der Waals surface area contributed by atoms with E-state index in [-0.39, 0.29) is 6.04 Å². The second kappa shape index (κ2) is 6.53. The minimum atomic E-state index is 0.0398. The molecule has 0 bridgehead atoms. The normalized spacial score (nSPS) is 26.6. The van der Waals surface area contributed by atoms with E-state index in [4.69, 9.17) is 0 Å². The Morgan fingerprint density at radius 1 is 1.39 bits per heavy atom. The zero-order valence-electron chi connectivity index (χ0n) is 11.8. The van der Waals surface area contributed by atoms with E-state index < -0.39 is 0 Å². The molecule has 2 aliphatic heterocycles. The van der Waals surface area contributed by atoms with Crippen molar-refractivity contribution in [1.29, 1.82) is 0 Å². The van der Waals surface area contributed by atoms with Crippen LogP contribution in [0.15, 0.2) is 0 Å². The topological polar surface area (TPSA) is 35.6 Å². The molecule has 0 aromatic rings. The second-order valence-corrected chi connectivity index (χ2v) is 5.54. The van der Waals surface area contributed by atoms with Crippen LogP contribution in [0.4, 0.5) is 0 Å². The number of hydrogen-bond donors (Lipinski definition) is 1. The molecular formula is C14H27N3O. The summed E-state index contributed by atoms with van der Waals surface area (Å²) in [6.45, 7) is 9.30. The maximum absolute atomic E-state index is 12.5. The molecule has 104 valence electrons. The van der Waals surface area contributed by atoms with Crippen molar-refractivity contribution in [3.63, 3.8) is 0 Å². The Hall–Kier alpha value is -0.610. The third kappa shape index (κ3) is 3.04. The lowest BCUT2D eigenvalue weighted by atomic mass is 10.0. The standard InChI is InChI=1S/C14H27N3O/c1-3-17(13-7-6-8-15-11-13)12(2)14(18)16-9-4-5-10-16/h12-13,15H,3-11H2,1-2H3. The molecule has 2 fully saturated rings. The summed E-state index contributed by atoms with van der Waals surface area (Å²) in [5.74, 6) is 0.333. The van der Waals surface area contributed by atoms with E-state index in [0.29, 0.717) is 11.9 Å². The molecule has 2 aliphatic rings. The smallest absolute Gasteiger partial charge is 0.239 e. The van der Waals surface area contributed by atoms with Crippen molar-refractivity contribution in [3.05, 3.63) is 0 Å². The van der Waals surface area contributed by atoms with Gasteiger partial charge in [-0.05, 0) is 45.7 Å². The quantitative estimate of drug-likeness (QED) is 0.814. The van der Waals surface area contributed by atoms with Crippen LogP contribution in [-0.2, 0) is 4.79 Å². The lowest BCUT2D eigenvalue weighted by Crippen LogP contribution is -2.54. The highest BCUT2D eigenvalue weighted by Crippen LogP contribution is 2.17. The summed E-state index contributed by atoms with van der Waals surface area (Å²) in [6, 6.07) is 0.573. The fraction of sp³-hybridized carbons (Fsp3) is 0.929. The van der Waals surface area contributed by atoms with E-state index in [9.17, 15) is 4.79 Å². The third-order valence-electron chi connectivity index (χ3n) is 4.38. The number of nitrogens with one attached hydrogen (secondary N) is 1. The van der Waals surface area contributed by atoms with Gasteiger partial charge in [-0.15, -0.1) is 0 Å². The summed E-state index contributed by atoms with van der Waals surface area (Å²) in [5, 5.41) is 3.45. The summed E-state index contributed by atoms with van der Waals surface area (Å²) in [5.41, 5.74) is 0. The highest BCUT2D eigenvalue weighted by molar-refractivity contribution is 5.81. The van der Waals surface area contributed by atoms with Crippen LogP contribution in [0.25, 0.3) is 0 Å². The van der Waals surface area contributed by atoms with Gasteiger partial charge in [0.15, 0.2) is 0 Å². The molecule has 1 amide bonds. The number of nitrogens with zero attached hydrogens (tertiary/aromatic N) is 2. The fourth-order valence-electron chi connectivity index (χ4n) is 3.31. The molecule has 0 saturated carbocycles. The molecule has 18 heavy (non-hydrogen) atoms. The molecule has 2 saturated heterocycles. The van der Waals surface area contributed by atoms with Crippen molar-refractivity contribution >= 4 is 5.91 Å². The van der Waals surface area contributed by atoms with Crippen LogP contribution in [0.1, 0.15) is 39.5 Å². The lowest BCUT2D eigenvalue weighted by molar-refractivity contribution is -0.136. The van der Waals surface area contributed by atoms with Crippen LogP contribution >= 0.6 is 0 Å². The first-order valence-corrected chi connectivity index (χ1v) is 7.49. The summed E-state index contributed by atoms with van der Waals surface area (Å²) >= 11 is 0. The number of rotatable bonds is 4. The molecule has 4 nitrogen and oxygen atoms in total. The Morgan fingerprint density at radius 2 is 2.11 bits per heavy atom. The Bertz CT molecular complexity index is 270. The minimum absolute atomic E-state index is 0.0398. The first-order chi connectivity index (χ1) is 8.74. The van der Waals surface area contributed by atoms with E-state index in [1.54, 1.807) is 0 Å². The monoisotopic (exact) mass is 253 g/mol. The van der Waals surface area contributed by atoms with Gasteiger partial charge in [-0.1, -0.05) is 6.92 Å². The van der Waals surface area contributed by atoms with Crippen LogP contribution in [-0.4, -0.2) is 60.5 Å². The van der Waals surface area contributed by atoms with Crippen LogP contribution in [0.2, 0.25) is 0 Å². The SMILES string of the molecule is CCN(C1CCCNC1)C(C)C(=O)N1CCCC1. The van der Waals surface area contributed by atoms with Gasteiger partial charge in [-0.25, -0.2) is 0 Å². The molecule has 2 unspecified atom stereocenters. The van der Waals surface area contributed by atoms with Crippen LogP contribution in [0.5, 0.6) is 0 Å². The largest absolute Gasteiger partial charge is 0.341 e. The predicted molar refractivity (Wildman–Crippen MR) is 73.5 cm³/mol. The highest BCUT2D eigenvalue weighted by atomic mass is 16.2. The molecule has 2 rings (SSSR count). The molecule has 2 heterocycles. The van der Waals surface area contributed by atoms with Gasteiger partial charge in [-0.2, -0.15) is 0 Å². The predicted octanol–water partition coefficient (Wildman–Crippen LogP) is 1.07. The fourth-order valence-corrected chi connectivity index (χ4v) is 3.31. The zero-order valence-corrected chi connectivity index (χ0v) is 11.8. The zero-order chi connectivity index (χ0) is 13.0. The Morgan fingerprint density at radius 3 is 2.67 bits per heavy atom. The number of likely N-dealkylation sites (N-methyl/N-ethyl adjacent to an activating group) is 1. The van der Waals surface area contributed by atoms with Crippen molar-refractivity contribution in [2.75, 3.05) is 32.7 Å². The molecule has 0 spiro atoms. The number of carbonyl (C=O) groups excluding carboxylic acids is 1. The van der Waals surface area contributed by atoms with E-state index in [0.717, 1.165) is 32.7 Å². The van der Waals surface area contributed by atoms with Gasteiger partial charge in [-0.3, -0.25) is 9.69 Å². The van der Waals surface area contributed by atoms with Gasteiger partial charge < -0.3 is 10.2 Å². The van der Waals surface area contributed by atoms with Crippen molar-refractivity contribution in [1.82, 2.24) is 15.1 Å². The molecule has 1 N–H and O–H groups in total. The van der Waals surface area contributed by atoms with Crippen LogP contribution in [0.3, 0.4) is 0 Å². The molecule has 0 aromatic carbocycles. The summed E-state index contributed by atoms with van der Waals surface area (Å²) in [7, 11) is 0. The van der Waals surface area contributed by atoms with Crippen LogP contribution in [0, 0.1) is 0 Å². The maximum atomic E-state index is 12.5. The van der Waals surface area contributed by atoms with Crippen molar-refractivity contribution in [3.8, 4) is 0 Å². The number of piperidine rings is 1. The summed E-state index contributed by atoms with van der Waals surface area (Å²) < 4.78 is 0. The molecule has 0 aliphatic carbocycles. The maximum Gasteiger partial charge on any atom is 0.239 e. The lowest BCUT2D eigenvalue weighted by Gasteiger charge is -2.38. The molecule has 0 radical (unpaired) electrons. The van der Waals surface area contributed by atoms with Gasteiger partial charge in [0.05, 0.1) is 6.04 Å². The van der Waals surface area contributed by atoms with Gasteiger partial charge in [0.25, 0.3) is 0 Å².